The summed E-state index contributed by atoms with van der Waals surface area (Å²) in [6.45, 7) is 2.51. The Morgan fingerprint density at radius 1 is 1.19 bits per heavy atom. The number of rotatable bonds is 7. The number of halogens is 1. The van der Waals surface area contributed by atoms with Gasteiger partial charge in [-0.3, -0.25) is 9.52 Å². The van der Waals surface area contributed by atoms with Crippen molar-refractivity contribution in [2.45, 2.75) is 17.7 Å². The number of hydrogen-bond acceptors (Lipinski definition) is 4. The second kappa shape index (κ2) is 8.49. The third kappa shape index (κ3) is 5.05. The van der Waals surface area contributed by atoms with Crippen molar-refractivity contribution in [3.8, 4) is 0 Å². The molecule has 1 fully saturated rings. The maximum atomic E-state index is 13.7. The number of hydrogen-bond donors (Lipinski definition) is 3. The van der Waals surface area contributed by atoms with Crippen LogP contribution in [0, 0.1) is 11.7 Å². The second-order valence-corrected chi connectivity index (χ2v) is 8.20. The van der Waals surface area contributed by atoms with Crippen LogP contribution < -0.4 is 15.4 Å². The molecule has 27 heavy (non-hydrogen) atoms. The van der Waals surface area contributed by atoms with Crippen LogP contribution >= 0.6 is 0 Å². The highest BCUT2D eigenvalue weighted by Gasteiger charge is 2.18. The molecule has 1 aliphatic rings. The largest absolute Gasteiger partial charge is 0.352 e. The number of carbonyl (C=O) groups excluding carboxylic acids is 1. The normalized spacial score (nSPS) is 16.9. The van der Waals surface area contributed by atoms with Gasteiger partial charge in [0.15, 0.2) is 0 Å². The molecule has 1 saturated heterocycles. The van der Waals surface area contributed by atoms with Gasteiger partial charge in [0, 0.05) is 12.1 Å². The monoisotopic (exact) mass is 391 g/mol. The van der Waals surface area contributed by atoms with E-state index in [2.05, 4.69) is 15.4 Å². The van der Waals surface area contributed by atoms with E-state index in [-0.39, 0.29) is 22.1 Å². The summed E-state index contributed by atoms with van der Waals surface area (Å²) < 4.78 is 40.9. The highest BCUT2D eigenvalue weighted by molar-refractivity contribution is 7.92. The maximum absolute atomic E-state index is 13.7. The fourth-order valence-electron chi connectivity index (χ4n) is 3.00. The molecule has 1 aliphatic heterocycles. The molecule has 6 nitrogen and oxygen atoms in total. The first-order valence-corrected chi connectivity index (χ1v) is 10.3. The van der Waals surface area contributed by atoms with E-state index in [1.165, 1.54) is 42.5 Å². The van der Waals surface area contributed by atoms with Gasteiger partial charge in [-0.15, -0.1) is 0 Å². The van der Waals surface area contributed by atoms with Crippen LogP contribution in [0.4, 0.5) is 10.1 Å². The molecule has 3 rings (SSSR count). The van der Waals surface area contributed by atoms with Gasteiger partial charge < -0.3 is 10.6 Å². The smallest absolute Gasteiger partial charge is 0.262 e. The zero-order chi connectivity index (χ0) is 19.3. The first-order chi connectivity index (χ1) is 13.0. The predicted octanol–water partition coefficient (Wildman–Crippen LogP) is 2.36. The van der Waals surface area contributed by atoms with Crippen LogP contribution in [-0.2, 0) is 10.0 Å². The summed E-state index contributed by atoms with van der Waals surface area (Å²) >= 11 is 0. The zero-order valence-corrected chi connectivity index (χ0v) is 15.6. The standard InChI is InChI=1S/C19H22FN3O3S/c20-17-6-1-2-7-18(17)23-27(25,26)16-5-3-4-15(12-16)19(24)22-11-9-14-8-10-21-13-14/h1-7,12,14,21,23H,8-11,13H2,(H,22,24). The fraction of sp³-hybridized carbons (Fsp3) is 0.316. The van der Waals surface area contributed by atoms with Crippen molar-refractivity contribution in [2.24, 2.45) is 5.92 Å². The third-order valence-electron chi connectivity index (χ3n) is 4.53. The lowest BCUT2D eigenvalue weighted by Crippen LogP contribution is -2.26. The Labute approximate surface area is 158 Å². The van der Waals surface area contributed by atoms with E-state index in [9.17, 15) is 17.6 Å². The van der Waals surface area contributed by atoms with Crippen LogP contribution in [0.2, 0.25) is 0 Å². The number of amides is 1. The van der Waals surface area contributed by atoms with Crippen LogP contribution in [-0.4, -0.2) is 34.0 Å². The van der Waals surface area contributed by atoms with Crippen molar-refractivity contribution in [3.63, 3.8) is 0 Å². The van der Waals surface area contributed by atoms with Crippen molar-refractivity contribution in [1.29, 1.82) is 0 Å². The van der Waals surface area contributed by atoms with Crippen LogP contribution in [0.15, 0.2) is 53.4 Å². The average Bonchev–Trinajstić information content (AvgIpc) is 3.17. The Balaban J connectivity index is 1.66. The van der Waals surface area contributed by atoms with E-state index in [4.69, 9.17) is 0 Å². The zero-order valence-electron chi connectivity index (χ0n) is 14.7. The van der Waals surface area contributed by atoms with E-state index < -0.39 is 15.8 Å². The number of sulfonamides is 1. The molecule has 0 aromatic heterocycles. The number of anilines is 1. The number of nitrogens with one attached hydrogen (secondary N) is 3. The van der Waals surface area contributed by atoms with Gasteiger partial charge in [-0.2, -0.15) is 0 Å². The Kier molecular flexibility index (Phi) is 6.08. The Morgan fingerprint density at radius 3 is 2.74 bits per heavy atom. The molecule has 144 valence electrons. The van der Waals surface area contributed by atoms with E-state index in [0.29, 0.717) is 12.5 Å². The molecule has 1 atom stereocenters. The van der Waals surface area contributed by atoms with E-state index >= 15 is 0 Å². The first kappa shape index (κ1) is 19.3. The van der Waals surface area contributed by atoms with Crippen LogP contribution in [0.3, 0.4) is 0 Å². The van der Waals surface area contributed by atoms with Crippen molar-refractivity contribution >= 4 is 21.6 Å². The molecular formula is C19H22FN3O3S. The maximum Gasteiger partial charge on any atom is 0.262 e. The topological polar surface area (TPSA) is 87.3 Å². The molecule has 1 amide bonds. The van der Waals surface area contributed by atoms with Crippen molar-refractivity contribution in [3.05, 3.63) is 59.9 Å². The lowest BCUT2D eigenvalue weighted by molar-refractivity contribution is 0.0951. The quantitative estimate of drug-likeness (QED) is 0.676. The lowest BCUT2D eigenvalue weighted by atomic mass is 10.1. The van der Waals surface area contributed by atoms with Gasteiger partial charge in [-0.25, -0.2) is 12.8 Å². The molecule has 2 aromatic carbocycles. The van der Waals surface area contributed by atoms with Crippen LogP contribution in [0.1, 0.15) is 23.2 Å². The first-order valence-electron chi connectivity index (χ1n) is 8.82. The SMILES string of the molecule is O=C(NCCC1CCNC1)c1cccc(S(=O)(=O)Nc2ccccc2F)c1. The molecule has 1 unspecified atom stereocenters. The summed E-state index contributed by atoms with van der Waals surface area (Å²) in [5, 5.41) is 6.10. The number of carbonyl (C=O) groups is 1. The summed E-state index contributed by atoms with van der Waals surface area (Å²) in [6, 6.07) is 11.2. The average molecular weight is 391 g/mol. The second-order valence-electron chi connectivity index (χ2n) is 6.52. The van der Waals surface area contributed by atoms with Gasteiger partial charge in [0.25, 0.3) is 15.9 Å². The molecule has 0 spiro atoms. The van der Waals surface area contributed by atoms with Crippen LogP contribution in [0.5, 0.6) is 0 Å². The van der Waals surface area contributed by atoms with E-state index in [1.807, 2.05) is 0 Å². The summed E-state index contributed by atoms with van der Waals surface area (Å²) in [6.07, 6.45) is 1.98. The van der Waals surface area contributed by atoms with E-state index in [0.717, 1.165) is 25.9 Å². The predicted molar refractivity (Wildman–Crippen MR) is 102 cm³/mol. The van der Waals surface area contributed by atoms with Gasteiger partial charge in [0.2, 0.25) is 0 Å². The minimum atomic E-state index is -4.00. The van der Waals surface area contributed by atoms with Gasteiger partial charge in [0.1, 0.15) is 5.82 Å². The molecule has 2 aromatic rings. The van der Waals surface area contributed by atoms with Crippen LogP contribution in [0.25, 0.3) is 0 Å². The molecule has 1 heterocycles. The number of benzene rings is 2. The molecule has 0 aliphatic carbocycles. The van der Waals surface area contributed by atoms with Crippen molar-refractivity contribution in [1.82, 2.24) is 10.6 Å². The van der Waals surface area contributed by atoms with Crippen molar-refractivity contribution < 1.29 is 17.6 Å². The van der Waals surface area contributed by atoms with Gasteiger partial charge in [0.05, 0.1) is 10.6 Å². The Morgan fingerprint density at radius 2 is 2.00 bits per heavy atom. The van der Waals surface area contributed by atoms with Gasteiger partial charge in [-0.1, -0.05) is 18.2 Å². The highest BCUT2D eigenvalue weighted by Crippen LogP contribution is 2.19. The summed E-state index contributed by atoms with van der Waals surface area (Å²) in [7, 11) is -4.00. The summed E-state index contributed by atoms with van der Waals surface area (Å²) in [5.41, 5.74) is 0.105. The fourth-order valence-corrected chi connectivity index (χ4v) is 4.12. The summed E-state index contributed by atoms with van der Waals surface area (Å²) in [4.78, 5) is 12.2. The minimum Gasteiger partial charge on any atom is -0.352 e. The molecule has 3 N–H and O–H groups in total. The van der Waals surface area contributed by atoms with E-state index in [1.54, 1.807) is 6.07 Å². The highest BCUT2D eigenvalue weighted by atomic mass is 32.2. The van der Waals surface area contributed by atoms with Gasteiger partial charge in [-0.05, 0) is 62.2 Å². The molecule has 8 heteroatoms. The summed E-state index contributed by atoms with van der Waals surface area (Å²) in [5.74, 6) is -0.442. The number of para-hydroxylation sites is 1. The molecular weight excluding hydrogens is 369 g/mol. The molecule has 0 radical (unpaired) electrons. The van der Waals surface area contributed by atoms with Crippen molar-refractivity contribution in [2.75, 3.05) is 24.4 Å². The Hall–Kier alpha value is -2.45. The molecule has 0 bridgehead atoms. The Bertz CT molecular complexity index is 912. The molecule has 0 saturated carbocycles. The lowest BCUT2D eigenvalue weighted by Gasteiger charge is -2.11. The third-order valence-corrected chi connectivity index (χ3v) is 5.89. The van der Waals surface area contributed by atoms with Gasteiger partial charge >= 0.3 is 0 Å². The minimum absolute atomic E-state index is 0.0987.